The maximum atomic E-state index is 10.3. The topological polar surface area (TPSA) is 92.2 Å². The Morgan fingerprint density at radius 3 is 0.483 bits per heavy atom. The fraction of sp³-hybridized carbons (Fsp3) is 0. The zero-order valence-corrected chi connectivity index (χ0v) is 18.8. The molecule has 0 spiro atoms. The third kappa shape index (κ3) is 16.1. The Labute approximate surface area is 205 Å². The first kappa shape index (κ1) is 26.5. The molecule has 0 N–H and O–H groups in total. The Hall–Kier alpha value is -2.54. The summed E-state index contributed by atoms with van der Waals surface area (Å²) in [5.41, 5.74) is 0. The second-order valence-corrected chi connectivity index (χ2v) is 5.25. The van der Waals surface area contributed by atoms with Crippen LogP contribution in [0.5, 0.6) is 23.0 Å². The Balaban J connectivity index is 0.000000356. The summed E-state index contributed by atoms with van der Waals surface area (Å²) in [6.07, 6.45) is 0. The van der Waals surface area contributed by atoms with Gasteiger partial charge in [-0.2, -0.15) is 0 Å². The monoisotopic (exact) mass is 512 g/mol. The Bertz CT molecular complexity index is 693. The number of para-hydroxylation sites is 4. The van der Waals surface area contributed by atoms with E-state index in [0.29, 0.717) is 0 Å². The molecular formula is C24H20CeO4. The van der Waals surface area contributed by atoms with Crippen molar-refractivity contribution in [3.63, 3.8) is 0 Å². The van der Waals surface area contributed by atoms with Crippen molar-refractivity contribution in [2.75, 3.05) is 0 Å². The molecule has 4 aromatic rings. The van der Waals surface area contributed by atoms with E-state index >= 15 is 0 Å². The summed E-state index contributed by atoms with van der Waals surface area (Å²) in [6, 6.07) is 33.3. The maximum Gasteiger partial charge on any atom is 4.00 e. The average Bonchev–Trinajstić information content (AvgIpc) is 2.72. The molecule has 0 saturated carbocycles. The summed E-state index contributed by atoms with van der Waals surface area (Å²) < 4.78 is 0. The van der Waals surface area contributed by atoms with E-state index < -0.39 is 0 Å². The number of hydrogen-bond donors (Lipinski definition) is 0. The van der Waals surface area contributed by atoms with E-state index in [0.717, 1.165) is 0 Å². The van der Waals surface area contributed by atoms with Crippen molar-refractivity contribution in [1.82, 2.24) is 0 Å². The first-order valence-electron chi connectivity index (χ1n) is 8.46. The number of rotatable bonds is 0. The molecule has 0 aliphatic rings. The number of hydrogen-bond acceptors (Lipinski definition) is 4. The summed E-state index contributed by atoms with van der Waals surface area (Å²) in [6.45, 7) is 0. The predicted molar refractivity (Wildman–Crippen MR) is 104 cm³/mol. The molecule has 0 aliphatic heterocycles. The third-order valence-electron chi connectivity index (χ3n) is 2.97. The Morgan fingerprint density at radius 1 is 0.276 bits per heavy atom. The van der Waals surface area contributed by atoms with Gasteiger partial charge in [0.25, 0.3) is 0 Å². The molecule has 5 heteroatoms. The minimum absolute atomic E-state index is 0. The van der Waals surface area contributed by atoms with Crippen molar-refractivity contribution in [1.29, 1.82) is 0 Å². The molecule has 0 saturated heterocycles. The summed E-state index contributed by atoms with van der Waals surface area (Å²) in [5, 5.41) is 41.1. The van der Waals surface area contributed by atoms with Gasteiger partial charge >= 0.3 is 41.7 Å². The molecule has 4 aromatic carbocycles. The summed E-state index contributed by atoms with van der Waals surface area (Å²) in [4.78, 5) is 0. The van der Waals surface area contributed by atoms with Crippen molar-refractivity contribution < 1.29 is 62.2 Å². The van der Waals surface area contributed by atoms with Crippen LogP contribution < -0.4 is 20.4 Å². The first-order chi connectivity index (χ1) is 13.6. The van der Waals surface area contributed by atoms with Gasteiger partial charge in [0.15, 0.2) is 0 Å². The van der Waals surface area contributed by atoms with E-state index in [1.54, 1.807) is 48.5 Å². The van der Waals surface area contributed by atoms with Crippen LogP contribution in [0.2, 0.25) is 0 Å². The van der Waals surface area contributed by atoms with Gasteiger partial charge < -0.3 is 20.4 Å². The van der Waals surface area contributed by atoms with Crippen LogP contribution in [0.4, 0.5) is 0 Å². The van der Waals surface area contributed by atoms with Crippen molar-refractivity contribution in [2.45, 2.75) is 0 Å². The van der Waals surface area contributed by atoms with Crippen molar-refractivity contribution in [2.24, 2.45) is 0 Å². The Morgan fingerprint density at radius 2 is 0.414 bits per heavy atom. The fourth-order valence-corrected chi connectivity index (χ4v) is 1.68. The van der Waals surface area contributed by atoms with Crippen LogP contribution in [0.15, 0.2) is 121 Å². The van der Waals surface area contributed by atoms with E-state index in [1.165, 1.54) is 48.5 Å². The molecule has 29 heavy (non-hydrogen) atoms. The Kier molecular flexibility index (Phi) is 16.0. The average molecular weight is 513 g/mol. The molecule has 4 rings (SSSR count). The zero-order chi connectivity index (χ0) is 20.5. The van der Waals surface area contributed by atoms with Crippen LogP contribution in [0.3, 0.4) is 0 Å². The van der Waals surface area contributed by atoms with Crippen LogP contribution in [-0.4, -0.2) is 0 Å². The zero-order valence-electron chi connectivity index (χ0n) is 15.7. The van der Waals surface area contributed by atoms with Crippen LogP contribution in [0.25, 0.3) is 0 Å². The summed E-state index contributed by atoms with van der Waals surface area (Å²) >= 11 is 0. The van der Waals surface area contributed by atoms with Crippen LogP contribution in [-0.2, 0) is 0 Å². The van der Waals surface area contributed by atoms with Gasteiger partial charge in [-0.05, 0) is 0 Å². The maximum absolute atomic E-state index is 10.3. The van der Waals surface area contributed by atoms with Crippen molar-refractivity contribution in [3.8, 4) is 23.0 Å². The van der Waals surface area contributed by atoms with Gasteiger partial charge in [0.05, 0.1) is 0 Å². The first-order valence-corrected chi connectivity index (χ1v) is 8.46. The SMILES string of the molecule is [Ce+4].[O-]c1ccccc1.[O-]c1ccccc1.[O-]c1ccccc1.[O-]c1ccccc1. The fourth-order valence-electron chi connectivity index (χ4n) is 1.68. The number of benzene rings is 4. The van der Waals surface area contributed by atoms with Gasteiger partial charge in [-0.3, -0.25) is 0 Å². The predicted octanol–water partition coefficient (Wildman–Crippen LogP) is 3.04. The molecule has 0 radical (unpaired) electrons. The molecule has 0 aliphatic carbocycles. The third-order valence-corrected chi connectivity index (χ3v) is 2.97. The molecular weight excluding hydrogens is 492 g/mol. The molecule has 0 bridgehead atoms. The van der Waals surface area contributed by atoms with E-state index in [1.807, 2.05) is 24.3 Å². The van der Waals surface area contributed by atoms with Gasteiger partial charge in [-0.25, -0.2) is 0 Å². The minimum atomic E-state index is 0. The van der Waals surface area contributed by atoms with Gasteiger partial charge in [-0.1, -0.05) is 121 Å². The van der Waals surface area contributed by atoms with Gasteiger partial charge in [-0.15, -0.1) is 23.0 Å². The van der Waals surface area contributed by atoms with Gasteiger partial charge in [0.1, 0.15) is 0 Å². The van der Waals surface area contributed by atoms with E-state index in [9.17, 15) is 20.4 Å². The summed E-state index contributed by atoms with van der Waals surface area (Å²) in [5.74, 6) is 0.287. The molecule has 0 unspecified atom stereocenters. The molecule has 144 valence electrons. The van der Waals surface area contributed by atoms with Gasteiger partial charge in [0, 0.05) is 0 Å². The smallest absolute Gasteiger partial charge is 0.872 e. The molecule has 0 atom stereocenters. The second-order valence-electron chi connectivity index (χ2n) is 5.25. The summed E-state index contributed by atoms with van der Waals surface area (Å²) in [7, 11) is 0. The van der Waals surface area contributed by atoms with E-state index in [-0.39, 0.29) is 64.7 Å². The van der Waals surface area contributed by atoms with E-state index in [2.05, 4.69) is 0 Å². The second kappa shape index (κ2) is 17.5. The van der Waals surface area contributed by atoms with Crippen LogP contribution in [0, 0.1) is 41.7 Å². The van der Waals surface area contributed by atoms with Crippen LogP contribution in [0.1, 0.15) is 0 Å². The molecule has 0 heterocycles. The largest absolute Gasteiger partial charge is 4.00 e. The molecule has 0 fully saturated rings. The molecule has 0 amide bonds. The van der Waals surface area contributed by atoms with Crippen molar-refractivity contribution in [3.05, 3.63) is 121 Å². The van der Waals surface area contributed by atoms with Crippen LogP contribution >= 0.6 is 0 Å². The van der Waals surface area contributed by atoms with E-state index in [4.69, 9.17) is 0 Å². The minimum Gasteiger partial charge on any atom is -0.872 e. The molecule has 4 nitrogen and oxygen atoms in total. The quantitative estimate of drug-likeness (QED) is 0.362. The molecule has 0 aromatic heterocycles. The standard InChI is InChI=1S/4C6H6O.Ce/c4*7-6-4-2-1-3-5-6;/h4*1-5,7H;/q;;;;+4/p-4. The normalized spacial score (nSPS) is 8.28. The van der Waals surface area contributed by atoms with Gasteiger partial charge in [0.2, 0.25) is 0 Å². The van der Waals surface area contributed by atoms with Crippen molar-refractivity contribution >= 4 is 0 Å².